The predicted molar refractivity (Wildman–Crippen MR) is 91.7 cm³/mol. The number of Topliss-reactive ketones (excluding diaryl/α,β-unsaturated/α-hetero) is 1. The lowest BCUT2D eigenvalue weighted by atomic mass is 9.46. The molecule has 1 aliphatic heterocycles. The van der Waals surface area contributed by atoms with Crippen molar-refractivity contribution in [2.24, 2.45) is 28.6 Å². The molecule has 0 amide bonds. The summed E-state index contributed by atoms with van der Waals surface area (Å²) >= 11 is 0. The van der Waals surface area contributed by atoms with Gasteiger partial charge in [0.25, 0.3) is 0 Å². The highest BCUT2D eigenvalue weighted by atomic mass is 16.5. The van der Waals surface area contributed by atoms with Gasteiger partial charge in [-0.1, -0.05) is 25.5 Å². The Morgan fingerprint density at radius 2 is 2.04 bits per heavy atom. The summed E-state index contributed by atoms with van der Waals surface area (Å²) in [5.41, 5.74) is 0.0403. The van der Waals surface area contributed by atoms with Crippen LogP contribution in [0.4, 0.5) is 0 Å². The van der Waals surface area contributed by atoms with E-state index in [-0.39, 0.29) is 34.9 Å². The Morgan fingerprint density at radius 1 is 1.24 bits per heavy atom. The number of carbonyl (C=O) groups is 2. The Balaban J connectivity index is 1.56. The van der Waals surface area contributed by atoms with Crippen molar-refractivity contribution in [3.63, 3.8) is 0 Å². The number of hydrogen-bond donors (Lipinski definition) is 1. The number of aliphatic hydroxyl groups is 1. The molecule has 7 atom stereocenters. The molecular weight excluding hydrogens is 316 g/mol. The van der Waals surface area contributed by atoms with Gasteiger partial charge in [0.15, 0.2) is 11.6 Å². The lowest BCUT2D eigenvalue weighted by Gasteiger charge is -2.61. The van der Waals surface area contributed by atoms with E-state index in [1.165, 1.54) is 5.57 Å². The summed E-state index contributed by atoms with van der Waals surface area (Å²) in [6.45, 7) is 4.59. The van der Waals surface area contributed by atoms with Gasteiger partial charge in [0.1, 0.15) is 12.2 Å². The fraction of sp³-hybridized carbons (Fsp3) is 0.714. The molecule has 0 unspecified atom stereocenters. The number of allylic oxidation sites excluding steroid dienone is 4. The Labute approximate surface area is 148 Å². The van der Waals surface area contributed by atoms with Gasteiger partial charge in [-0.3, -0.25) is 9.59 Å². The van der Waals surface area contributed by atoms with Crippen molar-refractivity contribution in [2.45, 2.75) is 57.7 Å². The molecule has 25 heavy (non-hydrogen) atoms. The quantitative estimate of drug-likeness (QED) is 0.735. The minimum atomic E-state index is -0.640. The first-order valence-corrected chi connectivity index (χ1v) is 9.61. The van der Waals surface area contributed by atoms with Crippen LogP contribution in [0.5, 0.6) is 0 Å². The van der Waals surface area contributed by atoms with E-state index in [0.717, 1.165) is 25.7 Å². The number of aliphatic hydroxyl groups excluding tert-OH is 1. The average molecular weight is 342 g/mol. The Morgan fingerprint density at radius 3 is 2.72 bits per heavy atom. The van der Waals surface area contributed by atoms with Gasteiger partial charge in [0.05, 0.1) is 6.10 Å². The third-order valence-electron chi connectivity index (χ3n) is 8.52. The van der Waals surface area contributed by atoms with Gasteiger partial charge in [-0.15, -0.1) is 0 Å². The number of carbonyl (C=O) groups excluding carboxylic acids is 2. The van der Waals surface area contributed by atoms with Crippen molar-refractivity contribution in [1.82, 2.24) is 0 Å². The largest absolute Gasteiger partial charge is 0.393 e. The molecule has 0 aromatic heterocycles. The minimum Gasteiger partial charge on any atom is -0.393 e. The molecule has 134 valence electrons. The van der Waals surface area contributed by atoms with Crippen LogP contribution in [0, 0.1) is 28.6 Å². The standard InChI is InChI=1S/C21H26O4/c1-19-7-5-13(22)9-12(19)3-4-14-15-6-8-21(17(24)11-25-21)20(15,2)10-16(23)18(14)19/h5,7,9,14-16,18,23H,3-4,6,8,10-11H2,1-2H3/t14-,15-,16+,18+,19-,20-,21+/m0/s1. The van der Waals surface area contributed by atoms with Crippen LogP contribution < -0.4 is 0 Å². The summed E-state index contributed by atoms with van der Waals surface area (Å²) in [4.78, 5) is 24.3. The van der Waals surface area contributed by atoms with Gasteiger partial charge >= 0.3 is 0 Å². The molecule has 0 aromatic rings. The number of rotatable bonds is 0. The summed E-state index contributed by atoms with van der Waals surface area (Å²) in [6, 6.07) is 0. The zero-order valence-electron chi connectivity index (χ0n) is 15.0. The zero-order valence-corrected chi connectivity index (χ0v) is 15.0. The fourth-order valence-corrected chi connectivity index (χ4v) is 7.31. The van der Waals surface area contributed by atoms with E-state index >= 15 is 0 Å². The van der Waals surface area contributed by atoms with E-state index in [9.17, 15) is 14.7 Å². The second kappa shape index (κ2) is 4.72. The maximum atomic E-state index is 12.4. The molecule has 5 rings (SSSR count). The number of ether oxygens (including phenoxy) is 1. The minimum absolute atomic E-state index is 0.0642. The van der Waals surface area contributed by atoms with Crippen LogP contribution in [0.1, 0.15) is 46.0 Å². The molecule has 1 N–H and O–H groups in total. The van der Waals surface area contributed by atoms with Crippen LogP contribution in [0.25, 0.3) is 0 Å². The van der Waals surface area contributed by atoms with Crippen LogP contribution >= 0.6 is 0 Å². The van der Waals surface area contributed by atoms with Crippen molar-refractivity contribution in [1.29, 1.82) is 0 Å². The van der Waals surface area contributed by atoms with Gasteiger partial charge in [-0.25, -0.2) is 0 Å². The number of fused-ring (bicyclic) bond motifs is 6. The molecule has 4 aliphatic carbocycles. The summed E-state index contributed by atoms with van der Waals surface area (Å²) in [5.74, 6) is 1.21. The summed E-state index contributed by atoms with van der Waals surface area (Å²) in [7, 11) is 0. The molecule has 1 saturated heterocycles. The summed E-state index contributed by atoms with van der Waals surface area (Å²) < 4.78 is 5.91. The van der Waals surface area contributed by atoms with Crippen LogP contribution in [0.15, 0.2) is 23.8 Å². The smallest absolute Gasteiger partial charge is 0.190 e. The number of hydrogen-bond acceptors (Lipinski definition) is 4. The van der Waals surface area contributed by atoms with E-state index in [4.69, 9.17) is 4.74 Å². The van der Waals surface area contributed by atoms with E-state index in [1.54, 1.807) is 12.2 Å². The van der Waals surface area contributed by atoms with E-state index in [1.807, 2.05) is 6.08 Å². The summed E-state index contributed by atoms with van der Waals surface area (Å²) in [5, 5.41) is 11.2. The van der Waals surface area contributed by atoms with Gasteiger partial charge in [0, 0.05) is 16.7 Å². The third kappa shape index (κ3) is 1.71. The molecule has 0 bridgehead atoms. The Hall–Kier alpha value is -1.26. The van der Waals surface area contributed by atoms with E-state index in [0.29, 0.717) is 18.3 Å². The highest BCUT2D eigenvalue weighted by molar-refractivity contribution is 6.01. The van der Waals surface area contributed by atoms with Gasteiger partial charge in [-0.2, -0.15) is 0 Å². The van der Waals surface area contributed by atoms with Gasteiger partial charge in [-0.05, 0) is 56.1 Å². The normalized spacial score (nSPS) is 53.8. The van der Waals surface area contributed by atoms with Crippen molar-refractivity contribution >= 4 is 11.6 Å². The molecule has 0 radical (unpaired) electrons. The molecule has 4 nitrogen and oxygen atoms in total. The first-order chi connectivity index (χ1) is 11.8. The monoisotopic (exact) mass is 342 g/mol. The van der Waals surface area contributed by atoms with Crippen LogP contribution in [-0.4, -0.2) is 35.0 Å². The van der Waals surface area contributed by atoms with Crippen molar-refractivity contribution < 1.29 is 19.4 Å². The second-order valence-electron chi connectivity index (χ2n) is 9.29. The van der Waals surface area contributed by atoms with Gasteiger partial charge < -0.3 is 9.84 Å². The highest BCUT2D eigenvalue weighted by Crippen LogP contribution is 2.68. The van der Waals surface area contributed by atoms with Crippen LogP contribution in [0.3, 0.4) is 0 Å². The maximum absolute atomic E-state index is 12.4. The zero-order chi connectivity index (χ0) is 17.6. The number of ketones is 2. The molecule has 3 saturated carbocycles. The highest BCUT2D eigenvalue weighted by Gasteiger charge is 2.71. The van der Waals surface area contributed by atoms with Crippen molar-refractivity contribution in [2.75, 3.05) is 6.61 Å². The molecule has 1 spiro atoms. The van der Waals surface area contributed by atoms with E-state index in [2.05, 4.69) is 13.8 Å². The van der Waals surface area contributed by atoms with Crippen molar-refractivity contribution in [3.05, 3.63) is 23.8 Å². The molecule has 4 fully saturated rings. The van der Waals surface area contributed by atoms with Crippen molar-refractivity contribution in [3.8, 4) is 0 Å². The van der Waals surface area contributed by atoms with Crippen LogP contribution in [-0.2, 0) is 14.3 Å². The van der Waals surface area contributed by atoms with E-state index < -0.39 is 11.7 Å². The molecule has 4 heteroatoms. The third-order valence-corrected chi connectivity index (χ3v) is 8.52. The Kier molecular flexibility index (Phi) is 3.01. The lowest BCUT2D eigenvalue weighted by Crippen LogP contribution is -2.67. The topological polar surface area (TPSA) is 63.6 Å². The lowest BCUT2D eigenvalue weighted by molar-refractivity contribution is -0.224. The average Bonchev–Trinajstić information content (AvgIpc) is 2.88. The molecule has 1 heterocycles. The first kappa shape index (κ1) is 16.0. The fourth-order valence-electron chi connectivity index (χ4n) is 7.31. The molecule has 0 aromatic carbocycles. The second-order valence-corrected chi connectivity index (χ2v) is 9.29. The SMILES string of the molecule is C[C@]12C=CC(=O)C=C1CC[C@@H]1[C@@H]2[C@H](O)C[C@@]2(C)[C@H]1CC[C@]21OCC1=O. The Bertz CT molecular complexity index is 736. The van der Waals surface area contributed by atoms with Gasteiger partial charge in [0.2, 0.25) is 0 Å². The predicted octanol–water partition coefficient (Wildman–Crippen LogP) is 2.60. The summed E-state index contributed by atoms with van der Waals surface area (Å²) in [6.07, 6.45) is 9.35. The molecular formula is C21H26O4. The maximum Gasteiger partial charge on any atom is 0.190 e. The first-order valence-electron chi connectivity index (χ1n) is 9.61. The molecule has 5 aliphatic rings. The van der Waals surface area contributed by atoms with Crippen LogP contribution in [0.2, 0.25) is 0 Å².